The Balaban J connectivity index is 3.12. The average Bonchev–Trinajstić information content (AvgIpc) is 2.44. The van der Waals surface area contributed by atoms with Crippen molar-refractivity contribution in [3.8, 4) is 47.4 Å². The van der Waals surface area contributed by atoms with Crippen LogP contribution in [0.25, 0.3) is 0 Å². The third-order valence-corrected chi connectivity index (χ3v) is 2.97. The Labute approximate surface area is 130 Å². The zero-order chi connectivity index (χ0) is 15.5. The van der Waals surface area contributed by atoms with Crippen LogP contribution in [0.1, 0.15) is 59.8 Å². The monoisotopic (exact) mass is 274 g/mol. The van der Waals surface area contributed by atoms with Crippen LogP contribution in [-0.2, 0) is 0 Å². The summed E-state index contributed by atoms with van der Waals surface area (Å²) in [5.41, 5.74) is 4.07. The minimum absolute atomic E-state index is 0.893. The van der Waals surface area contributed by atoms with Gasteiger partial charge in [-0.2, -0.15) is 0 Å². The van der Waals surface area contributed by atoms with Gasteiger partial charge in [0.15, 0.2) is 0 Å². The van der Waals surface area contributed by atoms with E-state index in [-0.39, 0.29) is 0 Å². The predicted octanol–water partition coefficient (Wildman–Crippen LogP) is 4.64. The lowest BCUT2D eigenvalue weighted by Gasteiger charge is -1.93. The molecule has 0 heteroatoms. The highest BCUT2D eigenvalue weighted by Crippen LogP contribution is 2.05. The van der Waals surface area contributed by atoms with Crippen LogP contribution in [0.5, 0.6) is 0 Å². The highest BCUT2D eigenvalue weighted by molar-refractivity contribution is 5.53. The molecule has 0 N–H and O–H groups in total. The summed E-state index contributed by atoms with van der Waals surface area (Å²) in [6, 6.07) is 0. The fraction of sp³-hybridized carbons (Fsp3) is 0.429. The number of rotatable bonds is 0. The molecular weight excluding hydrogens is 252 g/mol. The summed E-state index contributed by atoms with van der Waals surface area (Å²) in [5.74, 6) is 24.7. The molecule has 0 amide bonds. The maximum atomic E-state index is 3.21. The Morgan fingerprint density at radius 2 is 1.05 bits per heavy atom. The molecule has 0 atom stereocenters. The minimum atomic E-state index is 0.893. The Hall–Kier alpha value is -2.28. The number of hydrogen-bond acceptors (Lipinski definition) is 0. The first-order valence-corrected chi connectivity index (χ1v) is 7.46. The molecule has 0 saturated heterocycles. The molecule has 21 heavy (non-hydrogen) atoms. The van der Waals surface area contributed by atoms with Gasteiger partial charge in [-0.05, 0) is 64.2 Å². The summed E-state index contributed by atoms with van der Waals surface area (Å²) in [5, 5.41) is 0. The summed E-state index contributed by atoms with van der Waals surface area (Å²) in [4.78, 5) is 0. The van der Waals surface area contributed by atoms with E-state index >= 15 is 0 Å². The fourth-order valence-electron chi connectivity index (χ4n) is 1.66. The number of allylic oxidation sites excluding steroid dienone is 4. The van der Waals surface area contributed by atoms with Gasteiger partial charge in [-0.3, -0.25) is 0 Å². The maximum absolute atomic E-state index is 3.21. The van der Waals surface area contributed by atoms with Crippen molar-refractivity contribution in [1.82, 2.24) is 0 Å². The minimum Gasteiger partial charge on any atom is -0.0972 e. The molecule has 0 fully saturated rings. The predicted molar refractivity (Wildman–Crippen MR) is 90.9 cm³/mol. The van der Waals surface area contributed by atoms with Gasteiger partial charge in [-0.1, -0.05) is 41.2 Å². The first-order valence-electron chi connectivity index (χ1n) is 7.46. The van der Waals surface area contributed by atoms with Crippen LogP contribution in [0, 0.1) is 47.4 Å². The number of hydrogen-bond donors (Lipinski definition) is 0. The molecule has 0 aliphatic heterocycles. The van der Waals surface area contributed by atoms with Gasteiger partial charge >= 0.3 is 0 Å². The molecule has 0 bridgehead atoms. The van der Waals surface area contributed by atoms with Crippen LogP contribution in [0.4, 0.5) is 0 Å². The van der Waals surface area contributed by atoms with Crippen molar-refractivity contribution in [2.24, 2.45) is 0 Å². The van der Waals surface area contributed by atoms with E-state index in [1.165, 1.54) is 6.42 Å². The van der Waals surface area contributed by atoms with E-state index < -0.39 is 0 Å². The summed E-state index contributed by atoms with van der Waals surface area (Å²) in [6.07, 6.45) is 5.29. The zero-order valence-corrected chi connectivity index (χ0v) is 13.5. The van der Waals surface area contributed by atoms with Gasteiger partial charge in [0.1, 0.15) is 0 Å². The third-order valence-electron chi connectivity index (χ3n) is 2.97. The Kier molecular flexibility index (Phi) is 7.67. The second-order valence-electron chi connectivity index (χ2n) is 5.41. The van der Waals surface area contributed by atoms with E-state index in [2.05, 4.69) is 47.4 Å². The normalized spacial score (nSPS) is 14.5. The molecule has 0 saturated carbocycles. The van der Waals surface area contributed by atoms with Crippen LogP contribution >= 0.6 is 0 Å². The molecule has 106 valence electrons. The van der Waals surface area contributed by atoms with Crippen molar-refractivity contribution in [1.29, 1.82) is 0 Å². The van der Waals surface area contributed by atoms with Crippen LogP contribution < -0.4 is 0 Å². The molecule has 0 nitrogen and oxygen atoms in total. The van der Waals surface area contributed by atoms with Crippen molar-refractivity contribution in [3.05, 3.63) is 22.3 Å². The van der Waals surface area contributed by atoms with Gasteiger partial charge in [-0.25, -0.2) is 0 Å². The van der Waals surface area contributed by atoms with Gasteiger partial charge in [0.2, 0.25) is 0 Å². The average molecular weight is 274 g/mol. The van der Waals surface area contributed by atoms with Gasteiger partial charge < -0.3 is 0 Å². The first-order chi connectivity index (χ1) is 10.1. The maximum Gasteiger partial charge on any atom is 0.0740 e. The summed E-state index contributed by atoms with van der Waals surface area (Å²) in [6.45, 7) is 8.14. The quantitative estimate of drug-likeness (QED) is 0.565. The third kappa shape index (κ3) is 7.17. The molecule has 0 heterocycles. The van der Waals surface area contributed by atoms with E-state index in [0.717, 1.165) is 48.0 Å². The topological polar surface area (TPSA) is 0 Å². The largest absolute Gasteiger partial charge is 0.0972 e. The van der Waals surface area contributed by atoms with Crippen molar-refractivity contribution in [2.45, 2.75) is 59.8 Å². The Morgan fingerprint density at radius 3 is 1.43 bits per heavy atom. The van der Waals surface area contributed by atoms with Crippen molar-refractivity contribution in [3.63, 3.8) is 0 Å². The molecule has 0 unspecified atom stereocenters. The van der Waals surface area contributed by atoms with Crippen LogP contribution in [-0.4, -0.2) is 0 Å². The molecule has 0 radical (unpaired) electrons. The fourth-order valence-corrected chi connectivity index (χ4v) is 1.66. The van der Waals surface area contributed by atoms with E-state index in [9.17, 15) is 0 Å². The molecule has 0 aromatic rings. The van der Waals surface area contributed by atoms with E-state index in [1.54, 1.807) is 0 Å². The SMILES string of the molecule is CC(C)=C1C#CC#CC(=C(C)C)C#CCCCCCC#C1. The molecule has 0 aromatic heterocycles. The highest BCUT2D eigenvalue weighted by Gasteiger charge is 1.92. The Morgan fingerprint density at radius 1 is 0.619 bits per heavy atom. The van der Waals surface area contributed by atoms with Gasteiger partial charge in [0.25, 0.3) is 0 Å². The molecule has 1 aliphatic rings. The zero-order valence-electron chi connectivity index (χ0n) is 13.5. The van der Waals surface area contributed by atoms with Crippen LogP contribution in [0.2, 0.25) is 0 Å². The Bertz CT molecular complexity index is 610. The molecule has 0 aromatic carbocycles. The first kappa shape index (κ1) is 16.8. The molecular formula is C21H22. The smallest absolute Gasteiger partial charge is 0.0740 e. The van der Waals surface area contributed by atoms with E-state index in [4.69, 9.17) is 0 Å². The lowest BCUT2D eigenvalue weighted by molar-refractivity contribution is 0.709. The highest BCUT2D eigenvalue weighted by atomic mass is 13.9. The van der Waals surface area contributed by atoms with Gasteiger partial charge in [0.05, 0.1) is 11.1 Å². The summed E-state index contributed by atoms with van der Waals surface area (Å²) < 4.78 is 0. The van der Waals surface area contributed by atoms with Crippen LogP contribution in [0.3, 0.4) is 0 Å². The second kappa shape index (κ2) is 9.60. The van der Waals surface area contributed by atoms with Crippen molar-refractivity contribution in [2.75, 3.05) is 0 Å². The van der Waals surface area contributed by atoms with Crippen LogP contribution in [0.15, 0.2) is 22.3 Å². The molecule has 0 spiro atoms. The van der Waals surface area contributed by atoms with E-state index in [0.29, 0.717) is 0 Å². The van der Waals surface area contributed by atoms with Crippen molar-refractivity contribution >= 4 is 0 Å². The van der Waals surface area contributed by atoms with Gasteiger partial charge in [0, 0.05) is 12.8 Å². The summed E-state index contributed by atoms with van der Waals surface area (Å²) in [7, 11) is 0. The van der Waals surface area contributed by atoms with Gasteiger partial charge in [-0.15, -0.1) is 0 Å². The lowest BCUT2D eigenvalue weighted by Crippen LogP contribution is -1.79. The molecule has 1 rings (SSSR count). The lowest BCUT2D eigenvalue weighted by atomic mass is 10.1. The second-order valence-corrected chi connectivity index (χ2v) is 5.41. The summed E-state index contributed by atoms with van der Waals surface area (Å²) >= 11 is 0. The standard InChI is InChI=1S/C21H22/c1-18(2)20-14-10-8-6-5-7-9-11-15-21(19(3)4)17-13-12-16-20/h5-9H2,1-4H3. The molecule has 1 aliphatic carbocycles. The van der Waals surface area contributed by atoms with Crippen molar-refractivity contribution < 1.29 is 0 Å². The van der Waals surface area contributed by atoms with E-state index in [1.807, 2.05) is 27.7 Å².